The lowest BCUT2D eigenvalue weighted by Crippen LogP contribution is -2.36. The fraction of sp³-hybridized carbons (Fsp3) is 0.562. The second kappa shape index (κ2) is 9.83. The van der Waals surface area contributed by atoms with Crippen LogP contribution >= 0.6 is 11.8 Å². The number of unbranched alkanes of at least 4 members (excludes halogenated alkanes) is 1. The van der Waals surface area contributed by atoms with Crippen molar-refractivity contribution in [1.82, 2.24) is 5.32 Å². The lowest BCUT2D eigenvalue weighted by molar-refractivity contribution is -0.121. The first kappa shape index (κ1) is 17.1. The van der Waals surface area contributed by atoms with Crippen molar-refractivity contribution in [3.63, 3.8) is 0 Å². The second-order valence-corrected chi connectivity index (χ2v) is 6.38. The zero-order valence-electron chi connectivity index (χ0n) is 12.5. The monoisotopic (exact) mass is 294 g/mol. The summed E-state index contributed by atoms with van der Waals surface area (Å²) in [7, 11) is 0. The van der Waals surface area contributed by atoms with Gasteiger partial charge in [0.05, 0.1) is 5.25 Å². The largest absolute Gasteiger partial charge is 0.355 e. The molecule has 0 radical (unpaired) electrons. The Morgan fingerprint density at radius 1 is 1.25 bits per heavy atom. The van der Waals surface area contributed by atoms with Crippen molar-refractivity contribution in [1.29, 1.82) is 0 Å². The van der Waals surface area contributed by atoms with Crippen LogP contribution in [-0.2, 0) is 10.5 Å². The van der Waals surface area contributed by atoms with Crippen LogP contribution in [-0.4, -0.2) is 24.2 Å². The van der Waals surface area contributed by atoms with Gasteiger partial charge in [0.1, 0.15) is 0 Å². The highest BCUT2D eigenvalue weighted by molar-refractivity contribution is 7.99. The molecule has 0 spiro atoms. The van der Waals surface area contributed by atoms with Crippen molar-refractivity contribution in [3.8, 4) is 0 Å². The number of amides is 1. The van der Waals surface area contributed by atoms with E-state index in [2.05, 4.69) is 31.3 Å². The van der Waals surface area contributed by atoms with Gasteiger partial charge >= 0.3 is 0 Å². The molecule has 4 heteroatoms. The zero-order chi connectivity index (χ0) is 14.8. The van der Waals surface area contributed by atoms with E-state index in [1.54, 1.807) is 11.8 Å². The molecule has 1 aromatic rings. The van der Waals surface area contributed by atoms with Gasteiger partial charge in [0.15, 0.2) is 0 Å². The van der Waals surface area contributed by atoms with E-state index < -0.39 is 0 Å². The zero-order valence-corrected chi connectivity index (χ0v) is 13.3. The number of hydrogen-bond donors (Lipinski definition) is 2. The second-order valence-electron chi connectivity index (χ2n) is 5.25. The third kappa shape index (κ3) is 6.44. The van der Waals surface area contributed by atoms with E-state index in [0.29, 0.717) is 12.5 Å². The number of rotatable bonds is 9. The fourth-order valence-electron chi connectivity index (χ4n) is 1.91. The molecule has 1 rings (SSSR count). The molecular weight excluding hydrogens is 268 g/mol. The molecule has 0 saturated carbocycles. The van der Waals surface area contributed by atoms with Crippen molar-refractivity contribution in [3.05, 3.63) is 35.9 Å². The summed E-state index contributed by atoms with van der Waals surface area (Å²) in [5.41, 5.74) is 6.71. The molecule has 1 amide bonds. The Bertz CT molecular complexity index is 381. The van der Waals surface area contributed by atoms with E-state index in [0.717, 1.165) is 25.1 Å². The van der Waals surface area contributed by atoms with E-state index >= 15 is 0 Å². The summed E-state index contributed by atoms with van der Waals surface area (Å²) in [6.07, 6.45) is 1.92. The van der Waals surface area contributed by atoms with Gasteiger partial charge in [0.25, 0.3) is 0 Å². The number of nitrogens with two attached hydrogens (primary N) is 1. The standard InChI is InChI=1S/C16H26N2OS/c1-13(2)15(16(19)18-11-7-6-10-17)20-12-14-8-4-3-5-9-14/h3-5,8-9,13,15H,6-7,10-12,17H2,1-2H3,(H,18,19). The first-order valence-corrected chi connectivity index (χ1v) is 8.33. The van der Waals surface area contributed by atoms with E-state index in [9.17, 15) is 4.79 Å². The fourth-order valence-corrected chi connectivity index (χ4v) is 3.10. The highest BCUT2D eigenvalue weighted by Crippen LogP contribution is 2.23. The molecule has 3 N–H and O–H groups in total. The SMILES string of the molecule is CC(C)C(SCc1ccccc1)C(=O)NCCCCN. The number of carbonyl (C=O) groups excluding carboxylic acids is 1. The molecule has 0 fully saturated rings. The Morgan fingerprint density at radius 3 is 2.55 bits per heavy atom. The van der Waals surface area contributed by atoms with E-state index in [1.165, 1.54) is 5.56 Å². The van der Waals surface area contributed by atoms with Crippen LogP contribution in [0, 0.1) is 5.92 Å². The molecule has 0 aliphatic rings. The Kier molecular flexibility index (Phi) is 8.38. The minimum absolute atomic E-state index is 0.00748. The van der Waals surface area contributed by atoms with Crippen LogP contribution in [0.3, 0.4) is 0 Å². The molecule has 3 nitrogen and oxygen atoms in total. The van der Waals surface area contributed by atoms with Gasteiger partial charge in [-0.3, -0.25) is 4.79 Å². The van der Waals surface area contributed by atoms with E-state index in [-0.39, 0.29) is 11.2 Å². The minimum atomic E-state index is 0.00748. The smallest absolute Gasteiger partial charge is 0.233 e. The van der Waals surface area contributed by atoms with Gasteiger partial charge < -0.3 is 11.1 Å². The van der Waals surface area contributed by atoms with Crippen molar-refractivity contribution in [2.24, 2.45) is 11.7 Å². The number of thioether (sulfide) groups is 1. The van der Waals surface area contributed by atoms with E-state index in [1.807, 2.05) is 18.2 Å². The quantitative estimate of drug-likeness (QED) is 0.689. The molecule has 0 saturated heterocycles. The molecule has 0 bridgehead atoms. The first-order valence-electron chi connectivity index (χ1n) is 7.28. The Labute approximate surface area is 126 Å². The van der Waals surface area contributed by atoms with Gasteiger partial charge in [-0.15, -0.1) is 11.8 Å². The van der Waals surface area contributed by atoms with Crippen LogP contribution in [0.4, 0.5) is 0 Å². The lowest BCUT2D eigenvalue weighted by Gasteiger charge is -2.20. The molecular formula is C16H26N2OS. The third-order valence-corrected chi connectivity index (χ3v) is 4.68. The molecule has 0 aromatic heterocycles. The summed E-state index contributed by atoms with van der Waals surface area (Å²) in [6, 6.07) is 10.3. The molecule has 0 heterocycles. The number of hydrogen-bond acceptors (Lipinski definition) is 3. The van der Waals surface area contributed by atoms with Gasteiger partial charge in [-0.1, -0.05) is 44.2 Å². The predicted octanol–water partition coefficient (Wildman–Crippen LogP) is 2.80. The maximum atomic E-state index is 12.2. The predicted molar refractivity (Wildman–Crippen MR) is 87.7 cm³/mol. The van der Waals surface area contributed by atoms with Crippen LogP contribution in [0.5, 0.6) is 0 Å². The molecule has 0 aliphatic carbocycles. The van der Waals surface area contributed by atoms with Gasteiger partial charge in [-0.25, -0.2) is 0 Å². The summed E-state index contributed by atoms with van der Waals surface area (Å²) >= 11 is 1.72. The topological polar surface area (TPSA) is 55.1 Å². The maximum absolute atomic E-state index is 12.2. The van der Waals surface area contributed by atoms with Crippen molar-refractivity contribution >= 4 is 17.7 Å². The molecule has 0 aliphatic heterocycles. The van der Waals surface area contributed by atoms with E-state index in [4.69, 9.17) is 5.73 Å². The van der Waals surface area contributed by atoms with Crippen LogP contribution in [0.1, 0.15) is 32.3 Å². The molecule has 1 aromatic carbocycles. The van der Waals surface area contributed by atoms with Crippen molar-refractivity contribution in [2.75, 3.05) is 13.1 Å². The number of carbonyl (C=O) groups is 1. The molecule has 1 atom stereocenters. The summed E-state index contributed by atoms with van der Waals surface area (Å²) in [5.74, 6) is 1.36. The number of nitrogens with one attached hydrogen (secondary N) is 1. The first-order chi connectivity index (χ1) is 9.65. The van der Waals surface area contributed by atoms with Gasteiger partial charge in [0.2, 0.25) is 5.91 Å². The van der Waals surface area contributed by atoms with Gasteiger partial charge in [-0.05, 0) is 30.9 Å². The molecule has 112 valence electrons. The number of benzene rings is 1. The average molecular weight is 294 g/mol. The summed E-state index contributed by atoms with van der Waals surface area (Å²) in [4.78, 5) is 12.2. The average Bonchev–Trinajstić information content (AvgIpc) is 2.44. The van der Waals surface area contributed by atoms with Gasteiger partial charge in [0, 0.05) is 12.3 Å². The van der Waals surface area contributed by atoms with Crippen LogP contribution in [0.15, 0.2) is 30.3 Å². The van der Waals surface area contributed by atoms with Crippen LogP contribution < -0.4 is 11.1 Å². The normalized spacial score (nSPS) is 12.4. The Hall–Kier alpha value is -1.00. The Balaban J connectivity index is 2.41. The lowest BCUT2D eigenvalue weighted by atomic mass is 10.1. The highest BCUT2D eigenvalue weighted by Gasteiger charge is 2.22. The summed E-state index contributed by atoms with van der Waals surface area (Å²) in [6.45, 7) is 5.61. The minimum Gasteiger partial charge on any atom is -0.355 e. The summed E-state index contributed by atoms with van der Waals surface area (Å²) < 4.78 is 0. The maximum Gasteiger partial charge on any atom is 0.233 e. The molecule has 1 unspecified atom stereocenters. The van der Waals surface area contributed by atoms with Gasteiger partial charge in [-0.2, -0.15) is 0 Å². The highest BCUT2D eigenvalue weighted by atomic mass is 32.2. The van der Waals surface area contributed by atoms with Crippen molar-refractivity contribution < 1.29 is 4.79 Å². The van der Waals surface area contributed by atoms with Crippen molar-refractivity contribution in [2.45, 2.75) is 37.7 Å². The van der Waals surface area contributed by atoms with Crippen LogP contribution in [0.2, 0.25) is 0 Å². The van der Waals surface area contributed by atoms with Crippen LogP contribution in [0.25, 0.3) is 0 Å². The summed E-state index contributed by atoms with van der Waals surface area (Å²) in [5, 5.41) is 3.03. The third-order valence-electron chi connectivity index (χ3n) is 3.07. The Morgan fingerprint density at radius 2 is 1.95 bits per heavy atom. The molecule has 20 heavy (non-hydrogen) atoms.